The molecule has 6 nitrogen and oxygen atoms in total. The van der Waals surface area contributed by atoms with Crippen LogP contribution in [0.5, 0.6) is 11.5 Å². The highest BCUT2D eigenvalue weighted by molar-refractivity contribution is 6.36. The van der Waals surface area contributed by atoms with E-state index in [-0.39, 0.29) is 24.4 Å². The Hall–Kier alpha value is -1.99. The Kier molecular flexibility index (Phi) is 7.39. The molecule has 8 heteroatoms. The van der Waals surface area contributed by atoms with Crippen molar-refractivity contribution < 1.29 is 19.4 Å². The summed E-state index contributed by atoms with van der Waals surface area (Å²) in [5.41, 5.74) is 0.747. The molecule has 2 aromatic rings. The van der Waals surface area contributed by atoms with Crippen LogP contribution < -0.4 is 14.8 Å². The maximum Gasteiger partial charge on any atom is 0.238 e. The van der Waals surface area contributed by atoms with Gasteiger partial charge in [-0.1, -0.05) is 42.1 Å². The zero-order valence-corrected chi connectivity index (χ0v) is 20.5. The minimum atomic E-state index is -0.736. The standard InChI is InChI=1S/C25H30Cl2N2O4/c1-32-17-7-8-18(22(14-17)33-2)24-19-5-3-4-10-25(19,31)11-12-29(24)15-23(30)28-21-9-6-16(26)13-20(21)27/h6-9,13-14,19,24,31H,3-5,10-12,15H2,1-2H3,(H,28,30)/t19-,24-,25+/m0/s1. The molecule has 2 N–H and O–H groups in total. The van der Waals surface area contributed by atoms with Gasteiger partial charge in [0.25, 0.3) is 0 Å². The maximum atomic E-state index is 13.0. The van der Waals surface area contributed by atoms with E-state index in [0.717, 1.165) is 31.2 Å². The van der Waals surface area contributed by atoms with Gasteiger partial charge in [0.2, 0.25) is 5.91 Å². The molecule has 178 valence electrons. The molecule has 1 saturated carbocycles. The predicted molar refractivity (Wildman–Crippen MR) is 130 cm³/mol. The fourth-order valence-corrected chi connectivity index (χ4v) is 5.82. The van der Waals surface area contributed by atoms with Crippen LogP contribution in [0.3, 0.4) is 0 Å². The lowest BCUT2D eigenvalue weighted by molar-refractivity contribution is -0.135. The molecule has 0 radical (unpaired) electrons. The summed E-state index contributed by atoms with van der Waals surface area (Å²) in [5.74, 6) is 1.24. The van der Waals surface area contributed by atoms with E-state index in [2.05, 4.69) is 10.2 Å². The second kappa shape index (κ2) is 10.1. The van der Waals surface area contributed by atoms with Crippen LogP contribution >= 0.6 is 23.2 Å². The van der Waals surface area contributed by atoms with Gasteiger partial charge in [0, 0.05) is 35.2 Å². The summed E-state index contributed by atoms with van der Waals surface area (Å²) < 4.78 is 11.1. The summed E-state index contributed by atoms with van der Waals surface area (Å²) in [6, 6.07) is 10.6. The number of carbonyl (C=O) groups is 1. The molecule has 0 aromatic heterocycles. The second-order valence-corrected chi connectivity index (χ2v) is 9.75. The van der Waals surface area contributed by atoms with Crippen LogP contribution in [0.2, 0.25) is 10.0 Å². The van der Waals surface area contributed by atoms with Gasteiger partial charge in [-0.3, -0.25) is 9.69 Å². The van der Waals surface area contributed by atoms with Crippen molar-refractivity contribution in [2.75, 3.05) is 32.6 Å². The normalized spacial score (nSPS) is 25.2. The van der Waals surface area contributed by atoms with Gasteiger partial charge in [-0.2, -0.15) is 0 Å². The van der Waals surface area contributed by atoms with Gasteiger partial charge in [-0.15, -0.1) is 0 Å². The van der Waals surface area contributed by atoms with Crippen LogP contribution in [0, 0.1) is 5.92 Å². The highest BCUT2D eigenvalue weighted by Gasteiger charge is 2.49. The maximum absolute atomic E-state index is 13.0. The summed E-state index contributed by atoms with van der Waals surface area (Å²) in [4.78, 5) is 15.2. The molecular weight excluding hydrogens is 463 g/mol. The van der Waals surface area contributed by atoms with E-state index in [1.807, 2.05) is 18.2 Å². The molecule has 0 spiro atoms. The summed E-state index contributed by atoms with van der Waals surface area (Å²) in [5, 5.41) is 15.3. The number of methoxy groups -OCH3 is 2. The largest absolute Gasteiger partial charge is 0.497 e. The number of likely N-dealkylation sites (tertiary alicyclic amines) is 1. The SMILES string of the molecule is COc1ccc([C@H]2[C@@H]3CCCC[C@@]3(O)CCN2CC(=O)Nc2ccc(Cl)cc2Cl)c(OC)c1. The number of halogens is 2. The Morgan fingerprint density at radius 1 is 1.15 bits per heavy atom. The Balaban J connectivity index is 1.64. The van der Waals surface area contributed by atoms with Crippen LogP contribution in [0.1, 0.15) is 43.7 Å². The van der Waals surface area contributed by atoms with Crippen molar-refractivity contribution in [3.8, 4) is 11.5 Å². The van der Waals surface area contributed by atoms with Gasteiger partial charge in [-0.25, -0.2) is 0 Å². The number of ether oxygens (including phenoxy) is 2. The van der Waals surface area contributed by atoms with Crippen molar-refractivity contribution in [2.45, 2.75) is 43.7 Å². The number of nitrogens with one attached hydrogen (secondary N) is 1. The Bertz CT molecular complexity index is 1020. The van der Waals surface area contributed by atoms with E-state index in [1.54, 1.807) is 32.4 Å². The van der Waals surface area contributed by atoms with Crippen molar-refractivity contribution in [3.05, 3.63) is 52.0 Å². The number of rotatable bonds is 6. The lowest BCUT2D eigenvalue weighted by atomic mass is 9.66. The van der Waals surface area contributed by atoms with Crippen molar-refractivity contribution in [2.24, 2.45) is 5.92 Å². The summed E-state index contributed by atoms with van der Waals surface area (Å²) in [6.07, 6.45) is 4.41. The monoisotopic (exact) mass is 492 g/mol. The number of fused-ring (bicyclic) bond motifs is 1. The number of amides is 1. The van der Waals surface area contributed by atoms with Gasteiger partial charge in [0.05, 0.1) is 37.1 Å². The van der Waals surface area contributed by atoms with E-state index < -0.39 is 5.60 Å². The molecule has 33 heavy (non-hydrogen) atoms. The van der Waals surface area contributed by atoms with Gasteiger partial charge < -0.3 is 19.9 Å². The predicted octanol–water partition coefficient (Wildman–Crippen LogP) is 5.32. The fraction of sp³-hybridized carbons (Fsp3) is 0.480. The average molecular weight is 493 g/mol. The number of aliphatic hydroxyl groups is 1. The first-order chi connectivity index (χ1) is 15.8. The molecule has 2 aliphatic rings. The zero-order valence-electron chi connectivity index (χ0n) is 18.9. The van der Waals surface area contributed by atoms with Crippen molar-refractivity contribution in [1.82, 2.24) is 4.90 Å². The minimum absolute atomic E-state index is 0.00853. The molecule has 1 saturated heterocycles. The quantitative estimate of drug-likeness (QED) is 0.570. The molecule has 1 amide bonds. The molecule has 0 unspecified atom stereocenters. The lowest BCUT2D eigenvalue weighted by Gasteiger charge is -2.52. The van der Waals surface area contributed by atoms with Gasteiger partial charge in [0.15, 0.2) is 0 Å². The molecule has 1 aliphatic heterocycles. The second-order valence-electron chi connectivity index (χ2n) is 8.90. The Labute approximate surface area is 204 Å². The molecule has 0 bridgehead atoms. The number of hydrogen-bond donors (Lipinski definition) is 2. The summed E-state index contributed by atoms with van der Waals surface area (Å²) in [7, 11) is 3.25. The third kappa shape index (κ3) is 5.09. The molecule has 2 fully saturated rings. The zero-order chi connectivity index (χ0) is 23.6. The Morgan fingerprint density at radius 2 is 1.97 bits per heavy atom. The highest BCUT2D eigenvalue weighted by atomic mass is 35.5. The third-order valence-corrected chi connectivity index (χ3v) is 7.53. The first kappa shape index (κ1) is 24.1. The number of hydrogen-bond acceptors (Lipinski definition) is 5. The fourth-order valence-electron chi connectivity index (χ4n) is 5.36. The van der Waals surface area contributed by atoms with E-state index >= 15 is 0 Å². The van der Waals surface area contributed by atoms with Gasteiger partial charge in [0.1, 0.15) is 11.5 Å². The topological polar surface area (TPSA) is 71.0 Å². The number of piperidine rings is 1. The van der Waals surface area contributed by atoms with Crippen LogP contribution in [0.25, 0.3) is 0 Å². The van der Waals surface area contributed by atoms with E-state index in [9.17, 15) is 9.90 Å². The van der Waals surface area contributed by atoms with Crippen molar-refractivity contribution >= 4 is 34.8 Å². The number of anilines is 1. The number of benzene rings is 2. The third-order valence-electron chi connectivity index (χ3n) is 6.98. The van der Waals surface area contributed by atoms with Crippen LogP contribution in [0.4, 0.5) is 5.69 Å². The summed E-state index contributed by atoms with van der Waals surface area (Å²) >= 11 is 12.2. The van der Waals surface area contributed by atoms with E-state index in [1.165, 1.54) is 0 Å². The van der Waals surface area contributed by atoms with E-state index in [0.29, 0.717) is 40.2 Å². The molecule has 1 aliphatic carbocycles. The molecule has 2 aromatic carbocycles. The smallest absolute Gasteiger partial charge is 0.238 e. The molecule has 1 heterocycles. The highest BCUT2D eigenvalue weighted by Crippen LogP contribution is 2.51. The van der Waals surface area contributed by atoms with Crippen molar-refractivity contribution in [1.29, 1.82) is 0 Å². The van der Waals surface area contributed by atoms with Gasteiger partial charge in [-0.05, 0) is 43.5 Å². The number of nitrogens with zero attached hydrogens (tertiary/aromatic N) is 1. The van der Waals surface area contributed by atoms with Gasteiger partial charge >= 0.3 is 0 Å². The van der Waals surface area contributed by atoms with E-state index in [4.69, 9.17) is 32.7 Å². The van der Waals surface area contributed by atoms with Crippen LogP contribution in [0.15, 0.2) is 36.4 Å². The minimum Gasteiger partial charge on any atom is -0.497 e. The first-order valence-corrected chi connectivity index (χ1v) is 12.0. The Morgan fingerprint density at radius 3 is 2.70 bits per heavy atom. The van der Waals surface area contributed by atoms with Crippen LogP contribution in [-0.2, 0) is 4.79 Å². The molecular formula is C25H30Cl2N2O4. The lowest BCUT2D eigenvalue weighted by Crippen LogP contribution is -2.56. The average Bonchev–Trinajstić information content (AvgIpc) is 2.80. The molecule has 3 atom stereocenters. The molecule has 4 rings (SSSR count). The summed E-state index contributed by atoms with van der Waals surface area (Å²) in [6.45, 7) is 0.778. The number of carbonyl (C=O) groups excluding carboxylic acids is 1. The van der Waals surface area contributed by atoms with Crippen molar-refractivity contribution in [3.63, 3.8) is 0 Å². The first-order valence-electron chi connectivity index (χ1n) is 11.3. The van der Waals surface area contributed by atoms with Crippen LogP contribution in [-0.4, -0.2) is 48.8 Å².